The van der Waals surface area contributed by atoms with Crippen molar-refractivity contribution >= 4 is 6.09 Å². The maximum Gasteiger partial charge on any atom is 0.410 e. The van der Waals surface area contributed by atoms with Crippen LogP contribution in [0.1, 0.15) is 20.8 Å². The molecule has 1 amide bonds. The number of amides is 1. The van der Waals surface area contributed by atoms with Crippen LogP contribution in [0.5, 0.6) is 0 Å². The van der Waals surface area contributed by atoms with Crippen molar-refractivity contribution in [3.8, 4) is 0 Å². The summed E-state index contributed by atoms with van der Waals surface area (Å²) in [5, 5.41) is 9.15. The number of fused-ring (bicyclic) bond motifs is 1. The summed E-state index contributed by atoms with van der Waals surface area (Å²) in [5.74, 6) is 0. The molecular weight excluding hydrogens is 198 g/mol. The molecular formula is C10H17NO4. The van der Waals surface area contributed by atoms with E-state index in [0.717, 1.165) is 0 Å². The van der Waals surface area contributed by atoms with Crippen molar-refractivity contribution in [2.24, 2.45) is 0 Å². The van der Waals surface area contributed by atoms with Crippen LogP contribution in [0.25, 0.3) is 0 Å². The molecule has 0 bridgehead atoms. The predicted molar refractivity (Wildman–Crippen MR) is 52.5 cm³/mol. The Hall–Kier alpha value is -0.810. The lowest BCUT2D eigenvalue weighted by Crippen LogP contribution is -2.44. The van der Waals surface area contributed by atoms with Crippen LogP contribution in [-0.2, 0) is 9.47 Å². The Kier molecular flexibility index (Phi) is 2.39. The molecule has 5 heteroatoms. The Morgan fingerprint density at radius 1 is 1.60 bits per heavy atom. The first-order valence-corrected chi connectivity index (χ1v) is 5.18. The molecule has 2 fully saturated rings. The molecule has 15 heavy (non-hydrogen) atoms. The SMILES string of the molecule is CC(C)(C)OC(=O)N1C[C@H]2O[C@H]2[C@@H]1CO. The minimum Gasteiger partial charge on any atom is -0.444 e. The van der Waals surface area contributed by atoms with E-state index < -0.39 is 5.60 Å². The molecule has 0 aromatic heterocycles. The quantitative estimate of drug-likeness (QED) is 0.642. The summed E-state index contributed by atoms with van der Waals surface area (Å²) in [6.07, 6.45) is -0.241. The number of carbonyl (C=O) groups excluding carboxylic acids is 1. The van der Waals surface area contributed by atoms with Gasteiger partial charge in [0.15, 0.2) is 0 Å². The van der Waals surface area contributed by atoms with Gasteiger partial charge in [0, 0.05) is 0 Å². The lowest BCUT2D eigenvalue weighted by molar-refractivity contribution is 0.00499. The summed E-state index contributed by atoms with van der Waals surface area (Å²) in [6.45, 7) is 5.94. The van der Waals surface area contributed by atoms with E-state index in [1.54, 1.807) is 4.90 Å². The number of rotatable bonds is 1. The van der Waals surface area contributed by atoms with Gasteiger partial charge in [-0.3, -0.25) is 4.90 Å². The van der Waals surface area contributed by atoms with Crippen molar-refractivity contribution in [1.82, 2.24) is 4.90 Å². The molecule has 0 unspecified atom stereocenters. The third-order valence-electron chi connectivity index (χ3n) is 2.59. The Morgan fingerprint density at radius 3 is 2.80 bits per heavy atom. The molecule has 2 aliphatic heterocycles. The molecule has 1 N–H and O–H groups in total. The molecule has 0 radical (unpaired) electrons. The molecule has 0 saturated carbocycles. The fraction of sp³-hybridized carbons (Fsp3) is 0.900. The highest BCUT2D eigenvalue weighted by molar-refractivity contribution is 5.69. The molecule has 0 aromatic rings. The van der Waals surface area contributed by atoms with Crippen LogP contribution in [-0.4, -0.2) is 53.1 Å². The van der Waals surface area contributed by atoms with Gasteiger partial charge in [-0.2, -0.15) is 0 Å². The zero-order chi connectivity index (χ0) is 11.2. The van der Waals surface area contributed by atoms with E-state index in [4.69, 9.17) is 14.6 Å². The molecule has 2 aliphatic rings. The van der Waals surface area contributed by atoms with Gasteiger partial charge in [0.2, 0.25) is 0 Å². The zero-order valence-corrected chi connectivity index (χ0v) is 9.27. The first kappa shape index (κ1) is 10.7. The van der Waals surface area contributed by atoms with Gasteiger partial charge in [0.1, 0.15) is 17.8 Å². The lowest BCUT2D eigenvalue weighted by atomic mass is 10.2. The number of hydrogen-bond acceptors (Lipinski definition) is 4. The van der Waals surface area contributed by atoms with Crippen LogP contribution in [0.2, 0.25) is 0 Å². The summed E-state index contributed by atoms with van der Waals surface area (Å²) >= 11 is 0. The van der Waals surface area contributed by atoms with Crippen LogP contribution < -0.4 is 0 Å². The smallest absolute Gasteiger partial charge is 0.410 e. The van der Waals surface area contributed by atoms with E-state index in [1.807, 2.05) is 20.8 Å². The number of hydrogen-bond donors (Lipinski definition) is 1. The van der Waals surface area contributed by atoms with E-state index >= 15 is 0 Å². The van der Waals surface area contributed by atoms with Crippen LogP contribution in [0, 0.1) is 0 Å². The summed E-state index contributed by atoms with van der Waals surface area (Å²) in [5.41, 5.74) is -0.495. The van der Waals surface area contributed by atoms with E-state index in [2.05, 4.69) is 0 Å². The van der Waals surface area contributed by atoms with Gasteiger partial charge < -0.3 is 14.6 Å². The number of morpholine rings is 1. The van der Waals surface area contributed by atoms with Gasteiger partial charge in [-0.05, 0) is 20.8 Å². The van der Waals surface area contributed by atoms with E-state index in [0.29, 0.717) is 6.54 Å². The van der Waals surface area contributed by atoms with Crippen LogP contribution >= 0.6 is 0 Å². The highest BCUT2D eigenvalue weighted by atomic mass is 16.6. The van der Waals surface area contributed by atoms with Gasteiger partial charge in [-0.1, -0.05) is 0 Å². The molecule has 2 heterocycles. The summed E-state index contributed by atoms with van der Waals surface area (Å²) in [7, 11) is 0. The van der Waals surface area contributed by atoms with Crippen LogP contribution in [0.4, 0.5) is 4.79 Å². The Labute approximate surface area is 89.0 Å². The minimum absolute atomic E-state index is 0.0162. The second-order valence-corrected chi connectivity index (χ2v) is 5.02. The number of carbonyl (C=O) groups is 1. The number of nitrogens with zero attached hydrogens (tertiary/aromatic N) is 1. The highest BCUT2D eigenvalue weighted by Gasteiger charge is 2.56. The molecule has 2 saturated heterocycles. The molecule has 0 aromatic carbocycles. The summed E-state index contributed by atoms with van der Waals surface area (Å²) in [4.78, 5) is 13.3. The molecule has 2 rings (SSSR count). The Morgan fingerprint density at radius 2 is 2.27 bits per heavy atom. The van der Waals surface area contributed by atoms with Gasteiger partial charge in [-0.25, -0.2) is 4.79 Å². The zero-order valence-electron chi connectivity index (χ0n) is 9.27. The second kappa shape index (κ2) is 3.35. The van der Waals surface area contributed by atoms with Crippen molar-refractivity contribution in [2.45, 2.75) is 44.6 Å². The molecule has 0 aliphatic carbocycles. The normalized spacial score (nSPS) is 33.9. The third-order valence-corrected chi connectivity index (χ3v) is 2.59. The first-order chi connectivity index (χ1) is 6.92. The van der Waals surface area contributed by atoms with Crippen molar-refractivity contribution < 1.29 is 19.4 Å². The average Bonchev–Trinajstić information content (AvgIpc) is 2.75. The maximum absolute atomic E-state index is 11.7. The molecule has 5 nitrogen and oxygen atoms in total. The lowest BCUT2D eigenvalue weighted by Gasteiger charge is -2.28. The van der Waals surface area contributed by atoms with Gasteiger partial charge >= 0.3 is 6.09 Å². The first-order valence-electron chi connectivity index (χ1n) is 5.18. The standard InChI is InChI=1S/C10H17NO4/c1-10(2,3)15-9(13)11-4-7-8(14-7)6(11)5-12/h6-8,12H,4-5H2,1-3H3/t6-,7+,8-/m0/s1. The molecule has 86 valence electrons. The second-order valence-electron chi connectivity index (χ2n) is 5.02. The highest BCUT2D eigenvalue weighted by Crippen LogP contribution is 2.36. The number of aliphatic hydroxyl groups excluding tert-OH is 1. The number of aliphatic hydroxyl groups is 1. The third kappa shape index (κ3) is 2.08. The van der Waals surface area contributed by atoms with Crippen molar-refractivity contribution in [3.63, 3.8) is 0 Å². The maximum atomic E-state index is 11.7. The number of ether oxygens (including phenoxy) is 2. The molecule has 0 spiro atoms. The van der Waals surface area contributed by atoms with Crippen molar-refractivity contribution in [3.05, 3.63) is 0 Å². The largest absolute Gasteiger partial charge is 0.444 e. The van der Waals surface area contributed by atoms with Gasteiger partial charge in [0.05, 0.1) is 19.2 Å². The van der Waals surface area contributed by atoms with Gasteiger partial charge in [0.25, 0.3) is 0 Å². The van der Waals surface area contributed by atoms with Crippen LogP contribution in [0.3, 0.4) is 0 Å². The summed E-state index contributed by atoms with van der Waals surface area (Å²) < 4.78 is 10.5. The fourth-order valence-corrected chi connectivity index (χ4v) is 1.88. The summed E-state index contributed by atoms with van der Waals surface area (Å²) in [6, 6.07) is -0.232. The number of likely N-dealkylation sites (tertiary alicyclic amines) is 1. The monoisotopic (exact) mass is 215 g/mol. The van der Waals surface area contributed by atoms with E-state index in [9.17, 15) is 4.79 Å². The fourth-order valence-electron chi connectivity index (χ4n) is 1.88. The van der Waals surface area contributed by atoms with Crippen LogP contribution in [0.15, 0.2) is 0 Å². The van der Waals surface area contributed by atoms with Gasteiger partial charge in [-0.15, -0.1) is 0 Å². The number of epoxide rings is 1. The van der Waals surface area contributed by atoms with E-state index in [1.165, 1.54) is 0 Å². The predicted octanol–water partition coefficient (Wildman–Crippen LogP) is 0.365. The van der Waals surface area contributed by atoms with E-state index in [-0.39, 0.29) is 30.9 Å². The minimum atomic E-state index is -0.495. The van der Waals surface area contributed by atoms with Crippen molar-refractivity contribution in [1.29, 1.82) is 0 Å². The Bertz CT molecular complexity index is 273. The average molecular weight is 215 g/mol. The molecule has 3 atom stereocenters. The van der Waals surface area contributed by atoms with Crippen molar-refractivity contribution in [2.75, 3.05) is 13.2 Å². The topological polar surface area (TPSA) is 62.3 Å². The Balaban J connectivity index is 1.96.